The first kappa shape index (κ1) is 18.9. The Balaban J connectivity index is 1.75. The minimum absolute atomic E-state index is 0.0537. The van der Waals surface area contributed by atoms with Crippen molar-refractivity contribution in [3.63, 3.8) is 0 Å². The SMILES string of the molecule is CP(NCC(=O)OCc1c(F)cccc1Cl)Oc1ccc(Cl)cc1. The molecule has 1 atom stereocenters. The predicted octanol–water partition coefficient (Wildman–Crippen LogP) is 4.79. The number of ether oxygens (including phenoxy) is 1. The minimum Gasteiger partial charge on any atom is -0.460 e. The van der Waals surface area contributed by atoms with Gasteiger partial charge in [-0.05, 0) is 36.4 Å². The molecule has 2 rings (SSSR count). The van der Waals surface area contributed by atoms with Crippen molar-refractivity contribution in [2.45, 2.75) is 6.61 Å². The van der Waals surface area contributed by atoms with Crippen molar-refractivity contribution in [1.29, 1.82) is 0 Å². The van der Waals surface area contributed by atoms with Crippen molar-refractivity contribution < 1.29 is 18.4 Å². The molecule has 0 spiro atoms. The van der Waals surface area contributed by atoms with E-state index in [4.69, 9.17) is 32.5 Å². The van der Waals surface area contributed by atoms with E-state index in [2.05, 4.69) is 5.09 Å². The summed E-state index contributed by atoms with van der Waals surface area (Å²) in [5.74, 6) is -0.387. The van der Waals surface area contributed by atoms with Gasteiger partial charge in [0.2, 0.25) is 0 Å². The number of carbonyl (C=O) groups is 1. The van der Waals surface area contributed by atoms with Crippen molar-refractivity contribution in [3.8, 4) is 5.75 Å². The first-order valence-electron chi connectivity index (χ1n) is 6.95. The van der Waals surface area contributed by atoms with E-state index < -0.39 is 20.1 Å². The minimum atomic E-state index is -1.07. The molecule has 128 valence electrons. The van der Waals surface area contributed by atoms with Gasteiger partial charge < -0.3 is 9.26 Å². The Bertz CT molecular complexity index is 680. The standard InChI is InChI=1S/C16H15Cl2FNO3P/c1-24(23-12-7-5-11(17)6-8-12)20-9-16(21)22-10-13-14(18)3-2-4-15(13)19/h2-8,20H,9-10H2,1H3. The van der Waals surface area contributed by atoms with Gasteiger partial charge in [0, 0.05) is 17.3 Å². The van der Waals surface area contributed by atoms with Gasteiger partial charge in [0.05, 0.1) is 5.02 Å². The van der Waals surface area contributed by atoms with Crippen LogP contribution in [0.2, 0.25) is 10.0 Å². The maximum atomic E-state index is 13.6. The van der Waals surface area contributed by atoms with E-state index in [0.717, 1.165) is 0 Å². The normalized spacial score (nSPS) is 11.8. The third kappa shape index (κ3) is 5.91. The van der Waals surface area contributed by atoms with E-state index >= 15 is 0 Å². The van der Waals surface area contributed by atoms with Crippen LogP contribution in [0.25, 0.3) is 0 Å². The van der Waals surface area contributed by atoms with Crippen molar-refractivity contribution >= 4 is 37.5 Å². The van der Waals surface area contributed by atoms with Crippen molar-refractivity contribution in [2.24, 2.45) is 0 Å². The van der Waals surface area contributed by atoms with Crippen LogP contribution in [-0.2, 0) is 16.1 Å². The van der Waals surface area contributed by atoms with E-state index in [0.29, 0.717) is 10.8 Å². The maximum Gasteiger partial charge on any atom is 0.320 e. The number of esters is 1. The first-order valence-corrected chi connectivity index (χ1v) is 9.41. The fraction of sp³-hybridized carbons (Fsp3) is 0.188. The molecule has 0 aliphatic carbocycles. The Morgan fingerprint density at radius 1 is 1.21 bits per heavy atom. The zero-order valence-electron chi connectivity index (χ0n) is 12.8. The highest BCUT2D eigenvalue weighted by atomic mass is 35.5. The Kier molecular flexibility index (Phi) is 7.25. The monoisotopic (exact) mass is 389 g/mol. The van der Waals surface area contributed by atoms with E-state index in [1.807, 2.05) is 6.66 Å². The Hall–Kier alpha value is -1.39. The molecule has 2 aromatic carbocycles. The summed E-state index contributed by atoms with van der Waals surface area (Å²) in [4.78, 5) is 11.7. The molecule has 0 saturated carbocycles. The molecule has 0 heterocycles. The summed E-state index contributed by atoms with van der Waals surface area (Å²) in [6.45, 7) is 1.54. The molecule has 0 aliphatic heterocycles. The van der Waals surface area contributed by atoms with Crippen LogP contribution in [-0.4, -0.2) is 19.2 Å². The lowest BCUT2D eigenvalue weighted by Gasteiger charge is -2.15. The smallest absolute Gasteiger partial charge is 0.320 e. The summed E-state index contributed by atoms with van der Waals surface area (Å²) in [7, 11) is -1.07. The summed E-state index contributed by atoms with van der Waals surface area (Å²) in [5, 5.41) is 3.76. The lowest BCUT2D eigenvalue weighted by molar-refractivity contribution is -0.143. The van der Waals surface area contributed by atoms with E-state index in [9.17, 15) is 9.18 Å². The van der Waals surface area contributed by atoms with Gasteiger partial charge in [0.15, 0.2) is 8.30 Å². The zero-order chi connectivity index (χ0) is 17.5. The van der Waals surface area contributed by atoms with Crippen LogP contribution in [0.5, 0.6) is 5.75 Å². The number of rotatable bonds is 7. The maximum absolute atomic E-state index is 13.6. The zero-order valence-corrected chi connectivity index (χ0v) is 15.2. The highest BCUT2D eigenvalue weighted by molar-refractivity contribution is 7.49. The van der Waals surface area contributed by atoms with Crippen LogP contribution in [0.1, 0.15) is 5.56 Å². The average Bonchev–Trinajstić information content (AvgIpc) is 2.54. The van der Waals surface area contributed by atoms with Crippen LogP contribution in [0.3, 0.4) is 0 Å². The van der Waals surface area contributed by atoms with E-state index in [-0.39, 0.29) is 23.7 Å². The van der Waals surface area contributed by atoms with Gasteiger partial charge in [-0.2, -0.15) is 0 Å². The second kappa shape index (κ2) is 9.19. The lowest BCUT2D eigenvalue weighted by Crippen LogP contribution is -2.22. The van der Waals surface area contributed by atoms with E-state index in [1.54, 1.807) is 24.3 Å². The molecule has 2 aromatic rings. The van der Waals surface area contributed by atoms with Gasteiger partial charge in [-0.3, -0.25) is 9.88 Å². The number of hydrogen-bond acceptors (Lipinski definition) is 4. The molecular weight excluding hydrogens is 375 g/mol. The molecule has 1 N–H and O–H groups in total. The molecule has 24 heavy (non-hydrogen) atoms. The summed E-state index contributed by atoms with van der Waals surface area (Å²) < 4.78 is 24.2. The fourth-order valence-corrected chi connectivity index (χ4v) is 2.93. The highest BCUT2D eigenvalue weighted by Crippen LogP contribution is 2.30. The molecule has 0 aromatic heterocycles. The molecule has 0 saturated heterocycles. The van der Waals surface area contributed by atoms with Crippen molar-refractivity contribution in [1.82, 2.24) is 5.09 Å². The highest BCUT2D eigenvalue weighted by Gasteiger charge is 2.12. The summed E-state index contributed by atoms with van der Waals surface area (Å²) in [6.07, 6.45) is 0. The second-order valence-electron chi connectivity index (χ2n) is 4.74. The van der Waals surface area contributed by atoms with Gasteiger partial charge in [0.1, 0.15) is 24.7 Å². The quantitative estimate of drug-likeness (QED) is 0.546. The lowest BCUT2D eigenvalue weighted by atomic mass is 10.2. The van der Waals surface area contributed by atoms with Gasteiger partial charge >= 0.3 is 5.97 Å². The second-order valence-corrected chi connectivity index (χ2v) is 7.08. The molecule has 8 heteroatoms. The first-order chi connectivity index (χ1) is 11.5. The molecule has 0 radical (unpaired) electrons. The third-order valence-corrected chi connectivity index (χ3v) is 4.64. The molecule has 0 fully saturated rings. The topological polar surface area (TPSA) is 47.6 Å². The van der Waals surface area contributed by atoms with Crippen LogP contribution in [0.4, 0.5) is 4.39 Å². The largest absolute Gasteiger partial charge is 0.460 e. The molecule has 4 nitrogen and oxygen atoms in total. The average molecular weight is 390 g/mol. The van der Waals surface area contributed by atoms with Crippen LogP contribution >= 0.6 is 31.5 Å². The van der Waals surface area contributed by atoms with Gasteiger partial charge in [-0.25, -0.2) is 4.39 Å². The molecule has 1 unspecified atom stereocenters. The summed E-state index contributed by atoms with van der Waals surface area (Å²) >= 11 is 11.7. The van der Waals surface area contributed by atoms with Gasteiger partial charge in [0.25, 0.3) is 0 Å². The third-order valence-electron chi connectivity index (χ3n) is 2.94. The fourth-order valence-electron chi connectivity index (χ4n) is 1.74. The van der Waals surface area contributed by atoms with Crippen molar-refractivity contribution in [3.05, 3.63) is 63.9 Å². The van der Waals surface area contributed by atoms with Crippen LogP contribution in [0, 0.1) is 5.82 Å². The van der Waals surface area contributed by atoms with E-state index in [1.165, 1.54) is 18.2 Å². The predicted molar refractivity (Wildman–Crippen MR) is 94.1 cm³/mol. The van der Waals surface area contributed by atoms with Crippen LogP contribution in [0.15, 0.2) is 42.5 Å². The summed E-state index contributed by atoms with van der Waals surface area (Å²) in [6, 6.07) is 11.2. The number of nitrogens with one attached hydrogen (secondary N) is 1. The molecular formula is C16H15Cl2FNO3P. The molecule has 0 bridgehead atoms. The molecule has 0 amide bonds. The Labute approximate surface area is 150 Å². The Morgan fingerprint density at radius 2 is 1.92 bits per heavy atom. The number of benzene rings is 2. The van der Waals surface area contributed by atoms with Gasteiger partial charge in [-0.1, -0.05) is 29.3 Å². The summed E-state index contributed by atoms with van der Waals surface area (Å²) in [5.41, 5.74) is 0.156. The Morgan fingerprint density at radius 3 is 2.58 bits per heavy atom. The number of carbonyl (C=O) groups excluding carboxylic acids is 1. The van der Waals surface area contributed by atoms with Crippen molar-refractivity contribution in [2.75, 3.05) is 13.2 Å². The number of halogens is 3. The number of hydrogen-bond donors (Lipinski definition) is 1. The van der Waals surface area contributed by atoms with Crippen LogP contribution < -0.4 is 9.61 Å². The van der Waals surface area contributed by atoms with Gasteiger partial charge in [-0.15, -0.1) is 0 Å². The molecule has 0 aliphatic rings.